The van der Waals surface area contributed by atoms with E-state index >= 15 is 0 Å². The first-order valence-corrected chi connectivity index (χ1v) is 8.00. The Morgan fingerprint density at radius 2 is 1.92 bits per heavy atom. The summed E-state index contributed by atoms with van der Waals surface area (Å²) < 4.78 is 5.19. The number of hydrogen-bond acceptors (Lipinski definition) is 4. The number of nitrogens with zero attached hydrogens (tertiary/aromatic N) is 1. The molecule has 5 nitrogen and oxygen atoms in total. The van der Waals surface area contributed by atoms with E-state index in [1.54, 1.807) is 19.9 Å². The molecule has 1 aromatic carbocycles. The highest BCUT2D eigenvalue weighted by Crippen LogP contribution is 2.19. The number of aromatic nitrogens is 1. The molecule has 0 bridgehead atoms. The molecular weight excluding hydrogens is 328 g/mol. The Morgan fingerprint density at radius 3 is 2.54 bits per heavy atom. The quantitative estimate of drug-likeness (QED) is 0.641. The minimum absolute atomic E-state index is 0.0484. The highest BCUT2D eigenvalue weighted by atomic mass is 35.5. The van der Waals surface area contributed by atoms with Gasteiger partial charge in [-0.3, -0.25) is 9.59 Å². The Labute approximate surface area is 146 Å². The van der Waals surface area contributed by atoms with Crippen molar-refractivity contribution in [3.8, 4) is 0 Å². The van der Waals surface area contributed by atoms with E-state index in [4.69, 9.17) is 16.3 Å². The zero-order valence-corrected chi connectivity index (χ0v) is 14.3. The van der Waals surface area contributed by atoms with E-state index in [-0.39, 0.29) is 29.6 Å². The van der Waals surface area contributed by atoms with E-state index in [1.807, 2.05) is 30.3 Å². The monoisotopic (exact) mass is 346 g/mol. The van der Waals surface area contributed by atoms with Crippen molar-refractivity contribution < 1.29 is 14.3 Å². The SMILES string of the molecule is CC(C)OC(=O)CC(NC(=O)c1ccnc(Cl)c1)c1ccccc1. The van der Waals surface area contributed by atoms with Gasteiger partial charge in [-0.15, -0.1) is 0 Å². The lowest BCUT2D eigenvalue weighted by Gasteiger charge is -2.19. The summed E-state index contributed by atoms with van der Waals surface area (Å²) in [5.74, 6) is -0.697. The van der Waals surface area contributed by atoms with Crippen LogP contribution in [-0.4, -0.2) is 23.0 Å². The third kappa shape index (κ3) is 5.35. The summed E-state index contributed by atoms with van der Waals surface area (Å²) in [5, 5.41) is 3.09. The number of pyridine rings is 1. The molecule has 1 heterocycles. The zero-order valence-electron chi connectivity index (χ0n) is 13.5. The fourth-order valence-electron chi connectivity index (χ4n) is 2.20. The average molecular weight is 347 g/mol. The zero-order chi connectivity index (χ0) is 17.5. The average Bonchev–Trinajstić information content (AvgIpc) is 2.54. The molecule has 1 N–H and O–H groups in total. The molecule has 1 atom stereocenters. The van der Waals surface area contributed by atoms with Gasteiger partial charge in [-0.25, -0.2) is 4.98 Å². The van der Waals surface area contributed by atoms with Gasteiger partial charge in [0.25, 0.3) is 5.91 Å². The molecule has 1 amide bonds. The molecule has 2 rings (SSSR count). The standard InChI is InChI=1S/C18H19ClN2O3/c1-12(2)24-17(22)11-15(13-6-4-3-5-7-13)21-18(23)14-8-9-20-16(19)10-14/h3-10,12,15H,11H2,1-2H3,(H,21,23). The summed E-state index contributed by atoms with van der Waals surface area (Å²) in [6, 6.07) is 11.8. The number of nitrogens with one attached hydrogen (secondary N) is 1. The summed E-state index contributed by atoms with van der Waals surface area (Å²) in [7, 11) is 0. The second-order valence-electron chi connectivity index (χ2n) is 5.55. The molecule has 1 unspecified atom stereocenters. The van der Waals surface area contributed by atoms with Crippen molar-refractivity contribution in [2.75, 3.05) is 0 Å². The number of hydrogen-bond donors (Lipinski definition) is 1. The normalized spacial score (nSPS) is 11.8. The minimum Gasteiger partial charge on any atom is -0.463 e. The van der Waals surface area contributed by atoms with Crippen LogP contribution in [0.3, 0.4) is 0 Å². The van der Waals surface area contributed by atoms with Crippen LogP contribution in [0.15, 0.2) is 48.7 Å². The molecule has 0 saturated carbocycles. The van der Waals surface area contributed by atoms with Crippen molar-refractivity contribution in [3.05, 3.63) is 64.9 Å². The smallest absolute Gasteiger partial charge is 0.308 e. The highest BCUT2D eigenvalue weighted by Gasteiger charge is 2.20. The molecule has 6 heteroatoms. The third-order valence-electron chi connectivity index (χ3n) is 3.23. The first kappa shape index (κ1) is 17.9. The second kappa shape index (κ2) is 8.45. The number of halogens is 1. The van der Waals surface area contributed by atoms with E-state index in [9.17, 15) is 9.59 Å². The highest BCUT2D eigenvalue weighted by molar-refractivity contribution is 6.29. The number of esters is 1. The van der Waals surface area contributed by atoms with E-state index in [0.717, 1.165) is 5.56 Å². The van der Waals surface area contributed by atoms with Gasteiger partial charge in [-0.2, -0.15) is 0 Å². The topological polar surface area (TPSA) is 68.3 Å². The minimum atomic E-state index is -0.489. The summed E-state index contributed by atoms with van der Waals surface area (Å²) in [5.41, 5.74) is 1.21. The maximum Gasteiger partial charge on any atom is 0.308 e. The van der Waals surface area contributed by atoms with Gasteiger partial charge in [-0.1, -0.05) is 41.9 Å². The Kier molecular flexibility index (Phi) is 6.32. The lowest BCUT2D eigenvalue weighted by Crippen LogP contribution is -2.31. The Morgan fingerprint density at radius 1 is 1.21 bits per heavy atom. The number of benzene rings is 1. The van der Waals surface area contributed by atoms with Gasteiger partial charge in [0.1, 0.15) is 5.15 Å². The molecule has 0 fully saturated rings. The van der Waals surface area contributed by atoms with Gasteiger partial charge < -0.3 is 10.1 Å². The second-order valence-corrected chi connectivity index (χ2v) is 5.93. The number of ether oxygens (including phenoxy) is 1. The summed E-state index contributed by atoms with van der Waals surface area (Å²) in [6.45, 7) is 3.57. The van der Waals surface area contributed by atoms with Crippen LogP contribution < -0.4 is 5.32 Å². The number of carbonyl (C=O) groups excluding carboxylic acids is 2. The lowest BCUT2D eigenvalue weighted by molar-refractivity contribution is -0.147. The van der Waals surface area contributed by atoms with Crippen LogP contribution in [0.4, 0.5) is 0 Å². The molecule has 0 spiro atoms. The van der Waals surface area contributed by atoms with Gasteiger partial charge in [0.05, 0.1) is 18.6 Å². The van der Waals surface area contributed by atoms with Crippen LogP contribution in [0.25, 0.3) is 0 Å². The molecule has 0 saturated heterocycles. The van der Waals surface area contributed by atoms with Crippen molar-refractivity contribution in [1.82, 2.24) is 10.3 Å². The maximum atomic E-state index is 12.4. The van der Waals surface area contributed by atoms with Crippen LogP contribution in [0.5, 0.6) is 0 Å². The van der Waals surface area contributed by atoms with Crippen molar-refractivity contribution in [3.63, 3.8) is 0 Å². The van der Waals surface area contributed by atoms with Crippen molar-refractivity contribution >= 4 is 23.5 Å². The summed E-state index contributed by atoms with van der Waals surface area (Å²) in [4.78, 5) is 28.3. The predicted octanol–water partition coefficient (Wildman–Crippen LogP) is 3.55. The Balaban J connectivity index is 2.16. The van der Waals surface area contributed by atoms with Gasteiger partial charge in [0, 0.05) is 11.8 Å². The van der Waals surface area contributed by atoms with Crippen molar-refractivity contribution in [1.29, 1.82) is 0 Å². The van der Waals surface area contributed by atoms with Crippen LogP contribution in [0.1, 0.15) is 42.2 Å². The van der Waals surface area contributed by atoms with E-state index in [0.29, 0.717) is 5.56 Å². The third-order valence-corrected chi connectivity index (χ3v) is 3.44. The van der Waals surface area contributed by atoms with Crippen LogP contribution in [-0.2, 0) is 9.53 Å². The molecule has 0 aliphatic rings. The Bertz CT molecular complexity index is 704. The molecular formula is C18H19ClN2O3. The molecule has 0 aliphatic carbocycles. The number of amides is 1. The van der Waals surface area contributed by atoms with Gasteiger partial charge in [0.15, 0.2) is 0 Å². The number of rotatable bonds is 6. The molecule has 24 heavy (non-hydrogen) atoms. The first-order valence-electron chi connectivity index (χ1n) is 7.62. The fourth-order valence-corrected chi connectivity index (χ4v) is 2.37. The van der Waals surface area contributed by atoms with Gasteiger partial charge in [0.2, 0.25) is 0 Å². The van der Waals surface area contributed by atoms with E-state index in [2.05, 4.69) is 10.3 Å². The Hall–Kier alpha value is -2.40. The molecule has 1 aromatic heterocycles. The first-order chi connectivity index (χ1) is 11.5. The van der Waals surface area contributed by atoms with Crippen LogP contribution in [0, 0.1) is 0 Å². The van der Waals surface area contributed by atoms with Crippen molar-refractivity contribution in [2.45, 2.75) is 32.4 Å². The maximum absolute atomic E-state index is 12.4. The molecule has 2 aromatic rings. The predicted molar refractivity (Wildman–Crippen MR) is 91.7 cm³/mol. The molecule has 0 aliphatic heterocycles. The van der Waals surface area contributed by atoms with Crippen LogP contribution in [0.2, 0.25) is 5.15 Å². The largest absolute Gasteiger partial charge is 0.463 e. The van der Waals surface area contributed by atoms with Crippen LogP contribution >= 0.6 is 11.6 Å². The molecule has 0 radical (unpaired) electrons. The van der Waals surface area contributed by atoms with E-state index in [1.165, 1.54) is 12.3 Å². The number of carbonyl (C=O) groups is 2. The van der Waals surface area contributed by atoms with Crippen molar-refractivity contribution in [2.24, 2.45) is 0 Å². The summed E-state index contributed by atoms with van der Waals surface area (Å²) >= 11 is 5.82. The summed E-state index contributed by atoms with van der Waals surface area (Å²) in [6.07, 6.45) is 1.30. The fraction of sp³-hybridized carbons (Fsp3) is 0.278. The van der Waals surface area contributed by atoms with Gasteiger partial charge >= 0.3 is 5.97 Å². The molecule has 126 valence electrons. The lowest BCUT2D eigenvalue weighted by atomic mass is 10.0. The van der Waals surface area contributed by atoms with E-state index < -0.39 is 6.04 Å². The van der Waals surface area contributed by atoms with Gasteiger partial charge in [-0.05, 0) is 31.5 Å².